The molecule has 0 radical (unpaired) electrons. The second-order valence-electron chi connectivity index (χ2n) is 2.64. The average molecular weight is 130 g/mol. The van der Waals surface area contributed by atoms with E-state index in [2.05, 4.69) is 5.32 Å². The van der Waals surface area contributed by atoms with E-state index in [1.807, 2.05) is 0 Å². The molecule has 3 nitrogen and oxygen atoms in total. The molecule has 0 aromatic carbocycles. The second kappa shape index (κ2) is 3.20. The molecule has 0 saturated carbocycles. The first-order valence-electron chi connectivity index (χ1n) is 3.48. The molecule has 4 heteroatoms. The van der Waals surface area contributed by atoms with Gasteiger partial charge >= 0.3 is 7.12 Å². The van der Waals surface area contributed by atoms with Gasteiger partial charge in [0, 0.05) is 19.2 Å². The molecular formula is C5H13BNO2+. The summed E-state index contributed by atoms with van der Waals surface area (Å²) >= 11 is 0. The first kappa shape index (κ1) is 7.06. The highest BCUT2D eigenvalue weighted by atomic mass is 16.4. The largest absolute Gasteiger partial charge is 0.457 e. The molecule has 1 rings (SSSR count). The quantitative estimate of drug-likeness (QED) is 0.385. The van der Waals surface area contributed by atoms with Crippen LogP contribution in [0.15, 0.2) is 0 Å². The third kappa shape index (κ3) is 2.34. The van der Waals surface area contributed by atoms with Crippen LogP contribution in [-0.4, -0.2) is 29.8 Å². The Labute approximate surface area is 55.2 Å². The van der Waals surface area contributed by atoms with Gasteiger partial charge in [0.25, 0.3) is 0 Å². The molecule has 0 amide bonds. The SMILES string of the molecule is OB(O)C[C@@H]1CCC[NH2+]1. The van der Waals surface area contributed by atoms with E-state index in [1.165, 1.54) is 6.42 Å². The molecule has 52 valence electrons. The maximum absolute atomic E-state index is 8.55. The highest BCUT2D eigenvalue weighted by Crippen LogP contribution is 2.02. The van der Waals surface area contributed by atoms with Crippen molar-refractivity contribution in [2.45, 2.75) is 25.2 Å². The van der Waals surface area contributed by atoms with E-state index in [4.69, 9.17) is 10.0 Å². The molecule has 1 aliphatic heterocycles. The summed E-state index contributed by atoms with van der Waals surface area (Å²) in [5.74, 6) is 0. The van der Waals surface area contributed by atoms with Gasteiger partial charge in [0.05, 0.1) is 12.6 Å². The highest BCUT2D eigenvalue weighted by molar-refractivity contribution is 6.41. The van der Waals surface area contributed by atoms with E-state index in [1.54, 1.807) is 0 Å². The fraction of sp³-hybridized carbons (Fsp3) is 1.00. The van der Waals surface area contributed by atoms with Crippen LogP contribution in [0.4, 0.5) is 0 Å². The Kier molecular flexibility index (Phi) is 2.51. The van der Waals surface area contributed by atoms with E-state index >= 15 is 0 Å². The molecule has 0 spiro atoms. The van der Waals surface area contributed by atoms with Crippen LogP contribution < -0.4 is 5.32 Å². The van der Waals surface area contributed by atoms with Crippen LogP contribution in [0.3, 0.4) is 0 Å². The average Bonchev–Trinajstić information content (AvgIpc) is 2.15. The Hall–Kier alpha value is -0.0551. The van der Waals surface area contributed by atoms with Gasteiger partial charge in [0.1, 0.15) is 0 Å². The molecule has 9 heavy (non-hydrogen) atoms. The van der Waals surface area contributed by atoms with E-state index in [9.17, 15) is 0 Å². The number of hydrogen-bond donors (Lipinski definition) is 3. The van der Waals surface area contributed by atoms with Crippen molar-refractivity contribution in [3.05, 3.63) is 0 Å². The van der Waals surface area contributed by atoms with Crippen molar-refractivity contribution in [1.29, 1.82) is 0 Å². The van der Waals surface area contributed by atoms with E-state index in [-0.39, 0.29) is 0 Å². The molecule has 1 heterocycles. The van der Waals surface area contributed by atoms with Gasteiger partial charge in [-0.3, -0.25) is 0 Å². The zero-order valence-electron chi connectivity index (χ0n) is 5.45. The Bertz CT molecular complexity index is 83.0. The molecule has 0 aromatic heterocycles. The van der Waals surface area contributed by atoms with Crippen molar-refractivity contribution in [3.8, 4) is 0 Å². The zero-order valence-corrected chi connectivity index (χ0v) is 5.45. The first-order valence-corrected chi connectivity index (χ1v) is 3.48. The number of quaternary nitrogens is 1. The molecule has 0 bridgehead atoms. The lowest BCUT2D eigenvalue weighted by Crippen LogP contribution is -2.86. The molecular weight excluding hydrogens is 117 g/mol. The van der Waals surface area contributed by atoms with E-state index < -0.39 is 7.12 Å². The molecule has 0 aliphatic carbocycles. The zero-order chi connectivity index (χ0) is 6.69. The van der Waals surface area contributed by atoms with Crippen molar-refractivity contribution in [1.82, 2.24) is 0 Å². The topological polar surface area (TPSA) is 57.1 Å². The van der Waals surface area contributed by atoms with Crippen LogP contribution >= 0.6 is 0 Å². The van der Waals surface area contributed by atoms with Crippen molar-refractivity contribution in [2.24, 2.45) is 0 Å². The van der Waals surface area contributed by atoms with Crippen molar-refractivity contribution in [3.63, 3.8) is 0 Å². The predicted octanol–water partition coefficient (Wildman–Crippen LogP) is -1.81. The van der Waals surface area contributed by atoms with Gasteiger partial charge in [0.15, 0.2) is 0 Å². The Morgan fingerprint density at radius 2 is 2.33 bits per heavy atom. The van der Waals surface area contributed by atoms with Crippen molar-refractivity contribution in [2.75, 3.05) is 6.54 Å². The first-order chi connectivity index (χ1) is 4.29. The Balaban J connectivity index is 2.11. The predicted molar refractivity (Wildman–Crippen MR) is 34.8 cm³/mol. The summed E-state index contributed by atoms with van der Waals surface area (Å²) < 4.78 is 0. The van der Waals surface area contributed by atoms with Crippen molar-refractivity contribution >= 4 is 7.12 Å². The maximum Gasteiger partial charge on any atom is 0.457 e. The third-order valence-corrected chi connectivity index (χ3v) is 1.79. The molecule has 0 unspecified atom stereocenters. The number of nitrogens with two attached hydrogens (primary N) is 1. The van der Waals surface area contributed by atoms with Gasteiger partial charge in [-0.1, -0.05) is 0 Å². The summed E-state index contributed by atoms with van der Waals surface area (Å²) in [6.07, 6.45) is 2.88. The minimum absolute atomic E-state index is 0.463. The number of rotatable bonds is 2. The third-order valence-electron chi connectivity index (χ3n) is 1.79. The molecule has 1 atom stereocenters. The summed E-state index contributed by atoms with van der Waals surface area (Å²) in [7, 11) is -1.11. The fourth-order valence-electron chi connectivity index (χ4n) is 1.34. The van der Waals surface area contributed by atoms with Gasteiger partial charge in [-0.2, -0.15) is 0 Å². The van der Waals surface area contributed by atoms with Crippen LogP contribution in [0.25, 0.3) is 0 Å². The normalized spacial score (nSPS) is 26.7. The second-order valence-corrected chi connectivity index (χ2v) is 2.64. The van der Waals surface area contributed by atoms with E-state index in [0.29, 0.717) is 12.4 Å². The summed E-state index contributed by atoms with van der Waals surface area (Å²) in [5, 5.41) is 19.3. The summed E-state index contributed by atoms with van der Waals surface area (Å²) in [4.78, 5) is 0. The minimum atomic E-state index is -1.11. The van der Waals surface area contributed by atoms with Gasteiger partial charge in [-0.05, 0) is 0 Å². The Morgan fingerprint density at radius 3 is 2.78 bits per heavy atom. The minimum Gasteiger partial charge on any atom is -0.427 e. The van der Waals surface area contributed by atoms with Gasteiger partial charge in [-0.15, -0.1) is 0 Å². The molecule has 1 saturated heterocycles. The number of hydrogen-bond acceptors (Lipinski definition) is 2. The van der Waals surface area contributed by atoms with Crippen molar-refractivity contribution < 1.29 is 15.4 Å². The van der Waals surface area contributed by atoms with E-state index in [0.717, 1.165) is 13.0 Å². The van der Waals surface area contributed by atoms with Gasteiger partial charge in [-0.25, -0.2) is 0 Å². The van der Waals surface area contributed by atoms with Gasteiger partial charge in [0.2, 0.25) is 0 Å². The molecule has 1 aliphatic rings. The molecule has 1 fully saturated rings. The monoisotopic (exact) mass is 130 g/mol. The summed E-state index contributed by atoms with van der Waals surface area (Å²) in [6.45, 7) is 1.15. The lowest BCUT2D eigenvalue weighted by atomic mass is 9.81. The maximum atomic E-state index is 8.55. The Morgan fingerprint density at radius 1 is 1.56 bits per heavy atom. The van der Waals surface area contributed by atoms with Crippen LogP contribution in [0.5, 0.6) is 0 Å². The van der Waals surface area contributed by atoms with Gasteiger partial charge < -0.3 is 15.4 Å². The highest BCUT2D eigenvalue weighted by Gasteiger charge is 2.23. The molecule has 0 aromatic rings. The molecule has 4 N–H and O–H groups in total. The standard InChI is InChI=1S/C5H12BNO2/c8-6(9)4-5-2-1-3-7-5/h5,7-9H,1-4H2/p+1/t5-/m0/s1. The van der Waals surface area contributed by atoms with Crippen LogP contribution in [-0.2, 0) is 0 Å². The smallest absolute Gasteiger partial charge is 0.427 e. The van der Waals surface area contributed by atoms with Crippen LogP contribution in [0, 0.1) is 0 Å². The fourth-order valence-corrected chi connectivity index (χ4v) is 1.34. The van der Waals surface area contributed by atoms with Crippen LogP contribution in [0.1, 0.15) is 12.8 Å². The lowest BCUT2D eigenvalue weighted by Gasteiger charge is -2.03. The lowest BCUT2D eigenvalue weighted by molar-refractivity contribution is -0.666. The summed E-state index contributed by atoms with van der Waals surface area (Å²) in [5.41, 5.74) is 0. The summed E-state index contributed by atoms with van der Waals surface area (Å²) in [6, 6.07) is 0.463. The van der Waals surface area contributed by atoms with Crippen LogP contribution in [0.2, 0.25) is 6.32 Å².